The molecule has 23 heavy (non-hydrogen) atoms. The van der Waals surface area contributed by atoms with Crippen LogP contribution in [0.3, 0.4) is 0 Å². The van der Waals surface area contributed by atoms with E-state index in [1.165, 1.54) is 12.3 Å². The second-order valence-corrected chi connectivity index (χ2v) is 5.19. The highest BCUT2D eigenvalue weighted by atomic mass is 16.2. The number of carbonyl (C=O) groups is 1. The van der Waals surface area contributed by atoms with Gasteiger partial charge in [-0.2, -0.15) is 0 Å². The topological polar surface area (TPSA) is 69.5 Å². The lowest BCUT2D eigenvalue weighted by Crippen LogP contribution is -2.53. The van der Waals surface area contributed by atoms with E-state index in [2.05, 4.69) is 19.8 Å². The number of amides is 1. The summed E-state index contributed by atoms with van der Waals surface area (Å²) in [4.78, 5) is 27.7. The van der Waals surface area contributed by atoms with Crippen molar-refractivity contribution < 1.29 is 15.8 Å². The van der Waals surface area contributed by atoms with E-state index >= 15 is 0 Å². The predicted molar refractivity (Wildman–Crippen MR) is 87.9 cm³/mol. The van der Waals surface area contributed by atoms with Crippen LogP contribution in [0.25, 0.3) is 15.9 Å². The van der Waals surface area contributed by atoms with Gasteiger partial charge in [-0.1, -0.05) is 6.85 Å². The molecule has 1 aliphatic rings. The number of aromatic amines is 1. The van der Waals surface area contributed by atoms with E-state index in [-0.39, 0.29) is 29.8 Å². The van der Waals surface area contributed by atoms with Gasteiger partial charge in [-0.05, 0) is 18.4 Å². The van der Waals surface area contributed by atoms with Crippen LogP contribution in [0.2, 0.25) is 0 Å². The highest BCUT2D eigenvalue weighted by molar-refractivity contribution is 5.87. The molecule has 1 aliphatic heterocycles. The fraction of sp³-hybridized carbons (Fsp3) is 0.500. The molecule has 0 radical (unpaired) electrons. The Labute approximate surface area is 146 Å². The van der Waals surface area contributed by atoms with Crippen molar-refractivity contribution in [3.63, 3.8) is 0 Å². The molecule has 1 amide bonds. The van der Waals surface area contributed by atoms with Gasteiger partial charge in [0, 0.05) is 34.5 Å². The zero-order valence-electron chi connectivity index (χ0n) is 20.2. The lowest BCUT2D eigenvalue weighted by Gasteiger charge is -2.41. The second-order valence-electron chi connectivity index (χ2n) is 5.19. The third-order valence-electron chi connectivity index (χ3n) is 3.79. The van der Waals surface area contributed by atoms with E-state index in [1.807, 2.05) is 0 Å². The molecule has 1 N–H and O–H groups in total. The van der Waals surface area contributed by atoms with E-state index in [1.54, 1.807) is 0 Å². The molecule has 0 aliphatic carbocycles. The zero-order chi connectivity index (χ0) is 23.2. The third-order valence-corrected chi connectivity index (χ3v) is 3.79. The van der Waals surface area contributed by atoms with Crippen LogP contribution in [-0.2, 0) is 4.79 Å². The van der Waals surface area contributed by atoms with Gasteiger partial charge in [0.25, 0.3) is 6.54 Å². The fourth-order valence-corrected chi connectivity index (χ4v) is 2.57. The molecule has 3 heterocycles. The normalized spacial score (nSPS) is 30.6. The van der Waals surface area contributed by atoms with Gasteiger partial charge in [0.1, 0.15) is 19.1 Å². The molecule has 3 rings (SSSR count). The number of nitrogens with zero attached hydrogens (tertiary/aromatic N) is 5. The largest absolute Gasteiger partial charge is 0.354 e. The first-order chi connectivity index (χ1) is 14.3. The number of nitrogens with one attached hydrogen (secondary N) is 1. The number of hydrogen-bond acceptors (Lipinski definition) is 4. The molecule has 2 atom stereocenters. The number of aromatic nitrogens is 3. The molecule has 0 bridgehead atoms. The van der Waals surface area contributed by atoms with Crippen LogP contribution in [0.4, 0.5) is 5.82 Å². The summed E-state index contributed by atoms with van der Waals surface area (Å²) in [6.45, 7) is 0.122. The molecule has 1 saturated heterocycles. The molecule has 120 valence electrons. The van der Waals surface area contributed by atoms with Gasteiger partial charge in [0.05, 0.1) is 12.8 Å². The third kappa shape index (κ3) is 2.84. The van der Waals surface area contributed by atoms with Gasteiger partial charge < -0.3 is 19.6 Å². The van der Waals surface area contributed by atoms with Crippen LogP contribution in [0.1, 0.15) is 24.2 Å². The Morgan fingerprint density at radius 1 is 1.74 bits per heavy atom. The Hall–Kier alpha value is -2.62. The molecule has 0 spiro atoms. The molecule has 7 nitrogen and oxygen atoms in total. The van der Waals surface area contributed by atoms with Crippen LogP contribution in [0, 0.1) is 12.5 Å². The number of likely N-dealkylation sites (N-methyl/N-ethyl adjacent to an activating group) is 1. The number of hydrogen-bond donors (Lipinski definition) is 1. The SMILES string of the molecule is [2H]c1nc(N(C([2H])([2H])[2H])[C@@]2([2H])CN(C(=O)C[N+]#[C-])CC[C@H]2C([2H])([2H])[2H])c2cc[nH]c2n1. The van der Waals surface area contributed by atoms with Crippen molar-refractivity contribution in [2.75, 3.05) is 31.5 Å². The Morgan fingerprint density at radius 2 is 2.65 bits per heavy atom. The van der Waals surface area contributed by atoms with Crippen LogP contribution < -0.4 is 4.90 Å². The summed E-state index contributed by atoms with van der Waals surface area (Å²) in [5.41, 5.74) is 0.162. The molecule has 0 saturated carbocycles. The van der Waals surface area contributed by atoms with Crippen molar-refractivity contribution in [2.24, 2.45) is 5.92 Å². The maximum absolute atomic E-state index is 12.3. The summed E-state index contributed by atoms with van der Waals surface area (Å²) in [7, 11) is 0. The maximum atomic E-state index is 12.3. The van der Waals surface area contributed by atoms with E-state index in [9.17, 15) is 4.79 Å². The summed E-state index contributed by atoms with van der Waals surface area (Å²) in [5.74, 6) is -2.34. The second kappa shape index (κ2) is 6.24. The number of carbonyl (C=O) groups excluding carboxylic acids is 1. The van der Waals surface area contributed by atoms with Crippen molar-refractivity contribution in [1.82, 2.24) is 19.9 Å². The van der Waals surface area contributed by atoms with Gasteiger partial charge in [-0.25, -0.2) is 16.5 Å². The molecule has 1 fully saturated rings. The quantitative estimate of drug-likeness (QED) is 0.871. The molecule has 2 aromatic rings. The first-order valence-electron chi connectivity index (χ1n) is 11.0. The van der Waals surface area contributed by atoms with E-state index in [0.717, 1.165) is 4.90 Å². The van der Waals surface area contributed by atoms with Crippen molar-refractivity contribution in [1.29, 1.82) is 0 Å². The van der Waals surface area contributed by atoms with Crippen molar-refractivity contribution in [3.05, 3.63) is 30.0 Å². The van der Waals surface area contributed by atoms with E-state index < -0.39 is 51.1 Å². The van der Waals surface area contributed by atoms with E-state index in [0.29, 0.717) is 4.90 Å². The summed E-state index contributed by atoms with van der Waals surface area (Å²) in [5, 5.41) is 0.202. The highest BCUT2D eigenvalue weighted by Gasteiger charge is 2.33. The van der Waals surface area contributed by atoms with Crippen LogP contribution in [0.15, 0.2) is 18.6 Å². The van der Waals surface area contributed by atoms with Gasteiger partial charge in [-0.3, -0.25) is 4.79 Å². The first kappa shape index (κ1) is 8.29. The Kier molecular flexibility index (Phi) is 2.25. The zero-order valence-corrected chi connectivity index (χ0v) is 12.2. The Bertz CT molecular complexity index is 1030. The lowest BCUT2D eigenvalue weighted by atomic mass is 9.92. The minimum Gasteiger partial charge on any atom is -0.354 e. The Morgan fingerprint density at radius 3 is 3.43 bits per heavy atom. The average Bonchev–Trinajstić information content (AvgIpc) is 3.07. The summed E-state index contributed by atoms with van der Waals surface area (Å²) in [6.07, 6.45) is 0.792. The maximum Gasteiger partial charge on any atom is 0.302 e. The van der Waals surface area contributed by atoms with Crippen molar-refractivity contribution in [3.8, 4) is 0 Å². The number of likely N-dealkylation sites (tertiary alicyclic amines) is 1. The smallest absolute Gasteiger partial charge is 0.302 e. The monoisotopic (exact) mass is 320 g/mol. The minimum absolute atomic E-state index is 0.0140. The number of rotatable bonds is 3. The predicted octanol–water partition coefficient (Wildman–Crippen LogP) is 1.55. The molecular weight excluding hydrogens is 292 g/mol. The summed E-state index contributed by atoms with van der Waals surface area (Å²) >= 11 is 0. The number of piperidine rings is 1. The molecular formula is C16H20N6O. The van der Waals surface area contributed by atoms with Crippen molar-refractivity contribution >= 4 is 22.8 Å². The Balaban J connectivity index is 2.23. The fourth-order valence-electron chi connectivity index (χ4n) is 2.57. The van der Waals surface area contributed by atoms with Crippen molar-refractivity contribution in [2.45, 2.75) is 19.3 Å². The molecule has 2 aromatic heterocycles. The van der Waals surface area contributed by atoms with Gasteiger partial charge >= 0.3 is 5.91 Å². The highest BCUT2D eigenvalue weighted by Crippen LogP contribution is 2.28. The summed E-state index contributed by atoms with van der Waals surface area (Å²) in [6, 6.07) is -0.862. The van der Waals surface area contributed by atoms with E-state index in [4.69, 9.17) is 17.5 Å². The van der Waals surface area contributed by atoms with Gasteiger partial charge in [0.15, 0.2) is 0 Å². The summed E-state index contributed by atoms with van der Waals surface area (Å²) < 4.78 is 65.1. The van der Waals surface area contributed by atoms with Crippen LogP contribution in [0.5, 0.6) is 0 Å². The lowest BCUT2D eigenvalue weighted by molar-refractivity contribution is -0.130. The number of H-pyrrole nitrogens is 1. The standard InChI is InChI=1S/C16H20N6O/c1-11-5-7-22(14(23)8-17-2)9-13(11)21(3)16-12-4-6-18-15(12)19-10-20-16/h4,6,10-11,13H,5,7-9H2,1,3H3,(H,18,19,20)/t11-,13+/m1/s1/i1D3,3D3,10D,13D. The molecule has 7 heteroatoms. The van der Waals surface area contributed by atoms with Crippen LogP contribution >= 0.6 is 0 Å². The molecule has 0 unspecified atom stereocenters. The van der Waals surface area contributed by atoms with Gasteiger partial charge in [-0.15, -0.1) is 0 Å². The van der Waals surface area contributed by atoms with Crippen LogP contribution in [-0.4, -0.2) is 58.4 Å². The number of anilines is 1. The number of fused-ring (bicyclic) bond motifs is 1. The molecule has 0 aromatic carbocycles. The minimum atomic E-state index is -3.03. The van der Waals surface area contributed by atoms with Gasteiger partial charge in [0.2, 0.25) is 0 Å². The first-order valence-corrected chi connectivity index (χ1v) is 7.02. The average molecular weight is 320 g/mol.